The molecule has 0 heterocycles. The smallest absolute Gasteiger partial charge is 0.407 e. The van der Waals surface area contributed by atoms with Crippen molar-refractivity contribution in [1.82, 2.24) is 5.32 Å². The molecule has 6 heteroatoms. The number of ether oxygens (including phenoxy) is 2. The van der Waals surface area contributed by atoms with Gasteiger partial charge in [-0.2, -0.15) is 0 Å². The van der Waals surface area contributed by atoms with E-state index in [0.717, 1.165) is 40.0 Å². The normalized spacial score (nSPS) is 12.7. The highest BCUT2D eigenvalue weighted by molar-refractivity contribution is 5.81. The van der Waals surface area contributed by atoms with Gasteiger partial charge >= 0.3 is 12.1 Å². The Morgan fingerprint density at radius 2 is 1.20 bits per heavy atom. The van der Waals surface area contributed by atoms with E-state index in [0.29, 0.717) is 6.61 Å². The van der Waals surface area contributed by atoms with Crippen LogP contribution in [0.5, 0.6) is 5.75 Å². The van der Waals surface area contributed by atoms with Gasteiger partial charge in [0.05, 0.1) is 6.61 Å². The Hall–Kier alpha value is -3.80. The lowest BCUT2D eigenvalue weighted by molar-refractivity contribution is -0.139. The van der Waals surface area contributed by atoms with E-state index in [-0.39, 0.29) is 18.9 Å². The number of nitrogens with one attached hydrogen (secondary N) is 1. The van der Waals surface area contributed by atoms with Gasteiger partial charge in [0.15, 0.2) is 0 Å². The zero-order chi connectivity index (χ0) is 32.4. The van der Waals surface area contributed by atoms with Gasteiger partial charge in [0.1, 0.15) is 18.4 Å². The molecule has 1 aliphatic carbocycles. The minimum atomic E-state index is -1.10. The van der Waals surface area contributed by atoms with Crippen LogP contribution >= 0.6 is 0 Å². The zero-order valence-electron chi connectivity index (χ0n) is 27.7. The molecule has 0 radical (unpaired) electrons. The van der Waals surface area contributed by atoms with Crippen LogP contribution in [0.4, 0.5) is 4.79 Å². The summed E-state index contributed by atoms with van der Waals surface area (Å²) in [6.07, 6.45) is 18.0. The first-order valence-electron chi connectivity index (χ1n) is 17.6. The van der Waals surface area contributed by atoms with Crippen molar-refractivity contribution in [3.63, 3.8) is 0 Å². The molecule has 46 heavy (non-hydrogen) atoms. The highest BCUT2D eigenvalue weighted by atomic mass is 16.5. The van der Waals surface area contributed by atoms with E-state index in [1.165, 1.54) is 83.5 Å². The molecule has 0 aliphatic heterocycles. The molecule has 3 aromatic carbocycles. The van der Waals surface area contributed by atoms with Crippen molar-refractivity contribution in [3.8, 4) is 16.9 Å². The number of carbonyl (C=O) groups excluding carboxylic acids is 1. The van der Waals surface area contributed by atoms with Crippen molar-refractivity contribution in [1.29, 1.82) is 0 Å². The molecule has 0 saturated carbocycles. The summed E-state index contributed by atoms with van der Waals surface area (Å²) in [6, 6.07) is 22.6. The van der Waals surface area contributed by atoms with Crippen molar-refractivity contribution < 1.29 is 24.2 Å². The second kappa shape index (κ2) is 19.7. The predicted octanol–water partition coefficient (Wildman–Crippen LogP) is 10.1. The van der Waals surface area contributed by atoms with Gasteiger partial charge in [-0.3, -0.25) is 0 Å². The molecule has 0 aromatic heterocycles. The van der Waals surface area contributed by atoms with Crippen molar-refractivity contribution in [2.45, 2.75) is 115 Å². The highest BCUT2D eigenvalue weighted by Gasteiger charge is 2.29. The van der Waals surface area contributed by atoms with Crippen LogP contribution in [0.3, 0.4) is 0 Å². The molecule has 4 rings (SSSR count). The number of amides is 1. The summed E-state index contributed by atoms with van der Waals surface area (Å²) in [5.74, 6) is -0.417. The summed E-state index contributed by atoms with van der Waals surface area (Å²) < 4.78 is 11.5. The standard InChI is InChI=1S/C40H53NO5/c1-2-3-4-5-6-7-8-9-10-11-12-13-14-19-28-45-32-26-24-31(25-27-32)29-38(39(42)43)41-40(44)46-30-37-35-22-17-15-20-33(35)34-21-16-18-23-36(34)37/h15-18,20-27,37-38H,2-14,19,28-30H2,1H3,(H,41,44)(H,42,43). The van der Waals surface area contributed by atoms with Crippen LogP contribution in [-0.2, 0) is 16.0 Å². The summed E-state index contributed by atoms with van der Waals surface area (Å²) in [5, 5.41) is 12.3. The number of unbranched alkanes of at least 4 members (excludes halogenated alkanes) is 13. The summed E-state index contributed by atoms with van der Waals surface area (Å²) in [6.45, 7) is 3.09. The molecule has 6 nitrogen and oxygen atoms in total. The van der Waals surface area contributed by atoms with Crippen LogP contribution < -0.4 is 10.1 Å². The van der Waals surface area contributed by atoms with Gasteiger partial charge in [-0.05, 0) is 46.4 Å². The van der Waals surface area contributed by atoms with Gasteiger partial charge in [-0.1, -0.05) is 151 Å². The van der Waals surface area contributed by atoms with E-state index < -0.39 is 18.1 Å². The van der Waals surface area contributed by atoms with Crippen molar-refractivity contribution in [2.75, 3.05) is 13.2 Å². The molecular weight excluding hydrogens is 574 g/mol. The number of fused-ring (bicyclic) bond motifs is 3. The van der Waals surface area contributed by atoms with E-state index >= 15 is 0 Å². The number of aliphatic carboxylic acids is 1. The van der Waals surface area contributed by atoms with Crippen LogP contribution in [0.25, 0.3) is 11.1 Å². The Kier molecular flexibility index (Phi) is 15.0. The Labute approximate surface area is 275 Å². The number of alkyl carbamates (subject to hydrolysis) is 1. The predicted molar refractivity (Wildman–Crippen MR) is 186 cm³/mol. The number of hydrogen-bond acceptors (Lipinski definition) is 4. The fraction of sp³-hybridized carbons (Fsp3) is 0.500. The summed E-state index contributed by atoms with van der Waals surface area (Å²) in [4.78, 5) is 24.7. The quantitative estimate of drug-likeness (QED) is 0.108. The van der Waals surface area contributed by atoms with Crippen molar-refractivity contribution in [2.24, 2.45) is 0 Å². The third kappa shape index (κ3) is 11.2. The molecule has 1 unspecified atom stereocenters. The van der Waals surface area contributed by atoms with Gasteiger partial charge in [0.2, 0.25) is 0 Å². The van der Waals surface area contributed by atoms with Gasteiger partial charge in [0, 0.05) is 12.3 Å². The fourth-order valence-electron chi connectivity index (χ4n) is 6.43. The molecule has 2 N–H and O–H groups in total. The van der Waals surface area contributed by atoms with E-state index in [4.69, 9.17) is 9.47 Å². The maximum absolute atomic E-state index is 12.7. The Balaban J connectivity index is 1.09. The molecule has 248 valence electrons. The van der Waals surface area contributed by atoms with Crippen LogP contribution in [-0.4, -0.2) is 36.4 Å². The lowest BCUT2D eigenvalue weighted by Crippen LogP contribution is -2.42. The van der Waals surface area contributed by atoms with E-state index in [9.17, 15) is 14.7 Å². The van der Waals surface area contributed by atoms with Crippen LogP contribution in [0.15, 0.2) is 72.8 Å². The average molecular weight is 628 g/mol. The second-order valence-corrected chi connectivity index (χ2v) is 12.7. The molecule has 0 fully saturated rings. The number of carbonyl (C=O) groups is 2. The monoisotopic (exact) mass is 627 g/mol. The third-order valence-electron chi connectivity index (χ3n) is 9.06. The Bertz CT molecular complexity index is 1290. The maximum Gasteiger partial charge on any atom is 0.407 e. The first-order chi connectivity index (χ1) is 22.6. The molecular formula is C40H53NO5. The number of rotatable bonds is 22. The third-order valence-corrected chi connectivity index (χ3v) is 9.06. The van der Waals surface area contributed by atoms with Crippen molar-refractivity contribution >= 4 is 12.1 Å². The number of carboxylic acid groups (broad SMARTS) is 1. The SMILES string of the molecule is CCCCCCCCCCCCCCCCOc1ccc(CC(NC(=O)OCC2c3ccccc3-c3ccccc32)C(=O)O)cc1. The van der Waals surface area contributed by atoms with E-state index in [1.807, 2.05) is 48.5 Å². The van der Waals surface area contributed by atoms with Crippen LogP contribution in [0, 0.1) is 0 Å². The molecule has 3 aromatic rings. The molecule has 1 aliphatic rings. The van der Waals surface area contributed by atoms with E-state index in [2.05, 4.69) is 36.5 Å². The maximum atomic E-state index is 12.7. The van der Waals surface area contributed by atoms with Gasteiger partial charge in [0.25, 0.3) is 0 Å². The largest absolute Gasteiger partial charge is 0.494 e. The van der Waals surface area contributed by atoms with Gasteiger partial charge < -0.3 is 19.9 Å². The minimum absolute atomic E-state index is 0.0847. The lowest BCUT2D eigenvalue weighted by atomic mass is 9.98. The fourth-order valence-corrected chi connectivity index (χ4v) is 6.43. The van der Waals surface area contributed by atoms with Crippen molar-refractivity contribution in [3.05, 3.63) is 89.5 Å². The summed E-state index contributed by atoms with van der Waals surface area (Å²) in [5.41, 5.74) is 5.30. The van der Waals surface area contributed by atoms with Gasteiger partial charge in [-0.15, -0.1) is 0 Å². The first-order valence-corrected chi connectivity index (χ1v) is 17.6. The van der Waals surface area contributed by atoms with E-state index in [1.54, 1.807) is 0 Å². The highest BCUT2D eigenvalue weighted by Crippen LogP contribution is 2.44. The summed E-state index contributed by atoms with van der Waals surface area (Å²) in [7, 11) is 0. The first kappa shape index (κ1) is 35.1. The average Bonchev–Trinajstić information content (AvgIpc) is 3.39. The molecule has 0 saturated heterocycles. The Morgan fingerprint density at radius 3 is 1.72 bits per heavy atom. The Morgan fingerprint density at radius 1 is 0.696 bits per heavy atom. The van der Waals surface area contributed by atoms with Crippen LogP contribution in [0.2, 0.25) is 0 Å². The lowest BCUT2D eigenvalue weighted by Gasteiger charge is -2.17. The number of hydrogen-bond donors (Lipinski definition) is 2. The molecule has 0 bridgehead atoms. The van der Waals surface area contributed by atoms with Crippen LogP contribution in [0.1, 0.15) is 119 Å². The van der Waals surface area contributed by atoms with Gasteiger partial charge in [-0.25, -0.2) is 9.59 Å². The zero-order valence-corrected chi connectivity index (χ0v) is 27.7. The minimum Gasteiger partial charge on any atom is -0.494 e. The number of benzene rings is 3. The molecule has 1 amide bonds. The second-order valence-electron chi connectivity index (χ2n) is 12.7. The molecule has 0 spiro atoms. The summed E-state index contributed by atoms with van der Waals surface area (Å²) >= 11 is 0. The topological polar surface area (TPSA) is 84.9 Å². The number of carboxylic acids is 1. The molecule has 1 atom stereocenters.